The minimum absolute atomic E-state index is 0.0949. The van der Waals surface area contributed by atoms with Crippen LogP contribution in [0.2, 0.25) is 0 Å². The molecule has 0 aliphatic heterocycles. The zero-order valence-electron chi connectivity index (χ0n) is 18.5. The molecule has 170 valence electrons. The number of rotatable bonds is 10. The number of nitrogens with one attached hydrogen (secondary N) is 2. The van der Waals surface area contributed by atoms with Gasteiger partial charge in [-0.1, -0.05) is 12.1 Å². The highest BCUT2D eigenvalue weighted by Crippen LogP contribution is 2.41. The quantitative estimate of drug-likeness (QED) is 0.443. The number of aromatic amines is 2. The zero-order chi connectivity index (χ0) is 23.3. The molecule has 0 aliphatic rings. The number of nitrogens with two attached hydrogens (primary N) is 1. The fraction of sp³-hybridized carbons (Fsp3) is 0.304. The number of hydrogen-bond acceptors (Lipinski definition) is 6. The third kappa shape index (κ3) is 4.72. The summed E-state index contributed by atoms with van der Waals surface area (Å²) in [6.45, 7) is 0. The van der Waals surface area contributed by atoms with Gasteiger partial charge in [-0.2, -0.15) is 0 Å². The molecule has 1 amide bonds. The van der Waals surface area contributed by atoms with Gasteiger partial charge in [-0.3, -0.25) is 14.7 Å². The molecule has 0 saturated heterocycles. The molecule has 0 fully saturated rings. The second kappa shape index (κ2) is 9.95. The second-order valence-corrected chi connectivity index (χ2v) is 7.17. The van der Waals surface area contributed by atoms with Crippen molar-refractivity contribution in [3.05, 3.63) is 69.1 Å². The normalized spacial score (nSPS) is 11.6. The predicted octanol–water partition coefficient (Wildman–Crippen LogP) is 2.34. The van der Waals surface area contributed by atoms with Crippen LogP contribution in [0, 0.1) is 0 Å². The molecule has 0 spiro atoms. The Kier molecular flexibility index (Phi) is 7.09. The Morgan fingerprint density at radius 1 is 0.906 bits per heavy atom. The molecule has 0 radical (unpaired) electrons. The summed E-state index contributed by atoms with van der Waals surface area (Å²) in [5, 5.41) is 5.58. The van der Waals surface area contributed by atoms with Crippen molar-refractivity contribution in [1.29, 1.82) is 0 Å². The van der Waals surface area contributed by atoms with Crippen molar-refractivity contribution in [1.82, 2.24) is 10.2 Å². The van der Waals surface area contributed by atoms with Gasteiger partial charge in [-0.25, -0.2) is 0 Å². The van der Waals surface area contributed by atoms with Gasteiger partial charge in [0.15, 0.2) is 11.5 Å². The molecule has 0 saturated carbocycles. The van der Waals surface area contributed by atoms with Crippen LogP contribution in [0.25, 0.3) is 0 Å². The lowest BCUT2D eigenvalue weighted by Gasteiger charge is -2.21. The molecular formula is C23H27N3O6. The van der Waals surface area contributed by atoms with Crippen molar-refractivity contribution < 1.29 is 23.7 Å². The molecular weight excluding hydrogens is 414 g/mol. The SMILES string of the molecule is COc1ccc(Cc2[nH][nH]c(=O)c2[C@H](CC(N)=O)c2cc(OC)c(OC)cc2OC)cc1. The Morgan fingerprint density at radius 2 is 1.53 bits per heavy atom. The van der Waals surface area contributed by atoms with Gasteiger partial charge in [0.25, 0.3) is 5.56 Å². The van der Waals surface area contributed by atoms with Gasteiger partial charge >= 0.3 is 0 Å². The van der Waals surface area contributed by atoms with E-state index in [1.165, 1.54) is 21.3 Å². The molecule has 1 atom stereocenters. The number of methoxy groups -OCH3 is 4. The first kappa shape index (κ1) is 22.8. The molecule has 1 heterocycles. The van der Waals surface area contributed by atoms with E-state index in [-0.39, 0.29) is 12.0 Å². The van der Waals surface area contributed by atoms with E-state index in [9.17, 15) is 9.59 Å². The number of aromatic nitrogens is 2. The Labute approximate surface area is 185 Å². The summed E-state index contributed by atoms with van der Waals surface area (Å²) in [5.41, 5.74) is 7.83. The lowest BCUT2D eigenvalue weighted by molar-refractivity contribution is -0.118. The number of carbonyl (C=O) groups is 1. The number of carbonyl (C=O) groups excluding carboxylic acids is 1. The first-order valence-corrected chi connectivity index (χ1v) is 9.92. The summed E-state index contributed by atoms with van der Waals surface area (Å²) in [6, 6.07) is 10.9. The van der Waals surface area contributed by atoms with E-state index in [4.69, 9.17) is 24.7 Å². The minimum atomic E-state index is -0.662. The van der Waals surface area contributed by atoms with Crippen LogP contribution in [0.4, 0.5) is 0 Å². The molecule has 0 bridgehead atoms. The average Bonchev–Trinajstić information content (AvgIpc) is 3.16. The van der Waals surface area contributed by atoms with Crippen molar-refractivity contribution in [2.24, 2.45) is 5.73 Å². The van der Waals surface area contributed by atoms with E-state index in [2.05, 4.69) is 10.2 Å². The van der Waals surface area contributed by atoms with Gasteiger partial charge in [0.05, 0.1) is 28.4 Å². The number of ether oxygens (including phenoxy) is 4. The summed E-state index contributed by atoms with van der Waals surface area (Å²) < 4.78 is 21.5. The second-order valence-electron chi connectivity index (χ2n) is 7.17. The van der Waals surface area contributed by atoms with Crippen molar-refractivity contribution >= 4 is 5.91 Å². The highest BCUT2D eigenvalue weighted by Gasteiger charge is 2.28. The van der Waals surface area contributed by atoms with Crippen LogP contribution >= 0.6 is 0 Å². The molecule has 9 nitrogen and oxygen atoms in total. The molecule has 9 heteroatoms. The largest absolute Gasteiger partial charge is 0.497 e. The lowest BCUT2D eigenvalue weighted by Crippen LogP contribution is -2.21. The maximum absolute atomic E-state index is 12.8. The summed E-state index contributed by atoms with van der Waals surface area (Å²) in [5.74, 6) is 0.880. The van der Waals surface area contributed by atoms with E-state index >= 15 is 0 Å². The monoisotopic (exact) mass is 441 g/mol. The van der Waals surface area contributed by atoms with E-state index in [1.807, 2.05) is 24.3 Å². The van der Waals surface area contributed by atoms with Gasteiger partial charge in [0.1, 0.15) is 11.5 Å². The summed E-state index contributed by atoms with van der Waals surface area (Å²) in [6.07, 6.45) is 0.339. The highest BCUT2D eigenvalue weighted by atomic mass is 16.5. The number of hydrogen-bond donors (Lipinski definition) is 3. The summed E-state index contributed by atoms with van der Waals surface area (Å²) >= 11 is 0. The van der Waals surface area contributed by atoms with Crippen LogP contribution in [0.5, 0.6) is 23.0 Å². The molecule has 3 rings (SSSR count). The highest BCUT2D eigenvalue weighted by molar-refractivity contribution is 5.76. The first-order valence-electron chi connectivity index (χ1n) is 9.92. The molecule has 32 heavy (non-hydrogen) atoms. The maximum Gasteiger partial charge on any atom is 0.267 e. The molecule has 1 aromatic heterocycles. The molecule has 3 aromatic rings. The van der Waals surface area contributed by atoms with E-state index < -0.39 is 11.8 Å². The van der Waals surface area contributed by atoms with Gasteiger partial charge in [0.2, 0.25) is 5.91 Å². The van der Waals surface area contributed by atoms with Crippen molar-refractivity contribution in [2.75, 3.05) is 28.4 Å². The standard InChI is InChI=1S/C23H27N3O6/c1-29-14-7-5-13(6-8-14)9-17-22(23(28)26-25-17)16(11-21(24)27)15-10-19(31-3)20(32-4)12-18(15)30-2/h5-8,10,12,16H,9,11H2,1-4H3,(H2,24,27)(H2,25,26,28)/t16-/m1/s1. The average molecular weight is 441 g/mol. The Hall–Kier alpha value is -3.88. The van der Waals surface area contributed by atoms with Crippen molar-refractivity contribution in [3.63, 3.8) is 0 Å². The number of amides is 1. The van der Waals surface area contributed by atoms with Crippen LogP contribution in [0.15, 0.2) is 41.2 Å². The van der Waals surface area contributed by atoms with Crippen LogP contribution in [0.3, 0.4) is 0 Å². The van der Waals surface area contributed by atoms with E-state index in [0.717, 1.165) is 11.3 Å². The van der Waals surface area contributed by atoms with Crippen LogP contribution in [-0.4, -0.2) is 44.5 Å². The Morgan fingerprint density at radius 3 is 2.09 bits per heavy atom. The van der Waals surface area contributed by atoms with Crippen LogP contribution < -0.4 is 30.2 Å². The van der Waals surface area contributed by atoms with Crippen LogP contribution in [0.1, 0.15) is 34.7 Å². The molecule has 4 N–H and O–H groups in total. The Bertz CT molecular complexity index is 1130. The van der Waals surface area contributed by atoms with E-state index in [0.29, 0.717) is 40.5 Å². The number of benzene rings is 2. The smallest absolute Gasteiger partial charge is 0.267 e. The van der Waals surface area contributed by atoms with Gasteiger partial charge in [-0.05, 0) is 23.8 Å². The summed E-state index contributed by atoms with van der Waals surface area (Å²) in [7, 11) is 6.13. The van der Waals surface area contributed by atoms with Crippen molar-refractivity contribution in [3.8, 4) is 23.0 Å². The number of primary amides is 1. The number of H-pyrrole nitrogens is 2. The maximum atomic E-state index is 12.8. The lowest BCUT2D eigenvalue weighted by atomic mass is 9.86. The topological polar surface area (TPSA) is 129 Å². The first-order chi connectivity index (χ1) is 15.4. The van der Waals surface area contributed by atoms with Crippen molar-refractivity contribution in [2.45, 2.75) is 18.8 Å². The zero-order valence-corrected chi connectivity index (χ0v) is 18.5. The fourth-order valence-electron chi connectivity index (χ4n) is 3.75. The van der Waals surface area contributed by atoms with Gasteiger partial charge in [-0.15, -0.1) is 0 Å². The van der Waals surface area contributed by atoms with E-state index in [1.54, 1.807) is 19.2 Å². The van der Waals surface area contributed by atoms with Gasteiger partial charge < -0.3 is 29.8 Å². The third-order valence-corrected chi connectivity index (χ3v) is 5.30. The molecule has 2 aromatic carbocycles. The minimum Gasteiger partial charge on any atom is -0.497 e. The molecule has 0 unspecified atom stereocenters. The van der Waals surface area contributed by atoms with Gasteiger partial charge in [0, 0.05) is 41.6 Å². The Balaban J connectivity index is 2.12. The predicted molar refractivity (Wildman–Crippen MR) is 119 cm³/mol. The third-order valence-electron chi connectivity index (χ3n) is 5.30. The fourth-order valence-corrected chi connectivity index (χ4v) is 3.75. The molecule has 0 aliphatic carbocycles. The summed E-state index contributed by atoms with van der Waals surface area (Å²) in [4.78, 5) is 24.8. The van der Waals surface area contributed by atoms with Crippen LogP contribution in [-0.2, 0) is 11.2 Å².